The van der Waals surface area contributed by atoms with Gasteiger partial charge in [0.05, 0.1) is 38.4 Å². The van der Waals surface area contributed by atoms with Crippen LogP contribution in [0.2, 0.25) is 0 Å². The SMILES string of the molecule is CN[C@@H](C)C(=O)N[C@H](C(=O)N1C[C@@H](NC(=O)c2cccc(C(=O)N[C@H]3C[C@@H](C(=O)N[C@@H]4CCCc5c(OC)cccc54)N(C(=O)[C@@H](NC(=O)[C@H](C)NC)C(C)(C)C)C3)c2)C[C@H]1C(=O)N[C@@H]1CCCc2c(OC)cccc21)C(C)(C)C. The van der Waals surface area contributed by atoms with Crippen LogP contribution < -0.4 is 52.0 Å². The van der Waals surface area contributed by atoms with Crippen molar-refractivity contribution in [1.29, 1.82) is 0 Å². The summed E-state index contributed by atoms with van der Waals surface area (Å²) in [5.41, 5.74) is 2.66. The van der Waals surface area contributed by atoms with Crippen molar-refractivity contribution in [2.75, 3.05) is 41.4 Å². The van der Waals surface area contributed by atoms with Crippen molar-refractivity contribution >= 4 is 47.3 Å². The largest absolute Gasteiger partial charge is 0.496 e. The number of carbonyl (C=O) groups excluding carboxylic acids is 8. The molecule has 0 spiro atoms. The molecule has 20 nitrogen and oxygen atoms in total. The molecule has 0 unspecified atom stereocenters. The van der Waals surface area contributed by atoms with E-state index in [1.165, 1.54) is 15.9 Å². The number of fused-ring (bicyclic) bond motifs is 2. The molecule has 2 heterocycles. The lowest BCUT2D eigenvalue weighted by Gasteiger charge is -2.36. The lowest BCUT2D eigenvalue weighted by Crippen LogP contribution is -2.59. The van der Waals surface area contributed by atoms with E-state index in [4.69, 9.17) is 9.47 Å². The Kier molecular flexibility index (Phi) is 19.4. The van der Waals surface area contributed by atoms with Crippen LogP contribution in [0.3, 0.4) is 0 Å². The zero-order chi connectivity index (χ0) is 58.4. The van der Waals surface area contributed by atoms with Crippen LogP contribution in [-0.4, -0.2) is 147 Å². The first-order chi connectivity index (χ1) is 37.9. The molecule has 2 saturated heterocycles. The summed E-state index contributed by atoms with van der Waals surface area (Å²) in [6.07, 6.45) is 4.68. The molecule has 434 valence electrons. The van der Waals surface area contributed by atoms with Crippen LogP contribution in [0.1, 0.15) is 149 Å². The molecule has 7 rings (SSSR count). The van der Waals surface area contributed by atoms with Crippen LogP contribution in [0.4, 0.5) is 0 Å². The number of nitrogens with zero attached hydrogens (tertiary/aromatic N) is 2. The average Bonchev–Trinajstić information content (AvgIpc) is 4.09. The highest BCUT2D eigenvalue weighted by atomic mass is 16.5. The van der Waals surface area contributed by atoms with Crippen LogP contribution in [0.15, 0.2) is 60.7 Å². The summed E-state index contributed by atoms with van der Waals surface area (Å²) in [4.78, 5) is 117. The second-order valence-electron chi connectivity index (χ2n) is 24.0. The standard InChI is InChI=1S/C60H84N10O10/c1-33(61-9)51(71)67-49(59(3,4)5)57(77)69-31-37(29-45(69)55(75)65-43-24-14-22-41-39(43)20-16-26-47(41)79-11)63-53(73)35-18-13-19-36(28-35)54(74)64-38-30-46(56(76)66-44-25-15-23-42-40(44)21-17-27-48(42)80-12)70(32-38)58(78)50(60(6,7)8)68-52(72)34(2)62-10/h13,16-21,26-28,33-34,37-38,43-46,49-50,61-62H,14-15,22-25,29-32H2,1-12H3,(H,63,73)(H,64,74)(H,65,75)(H,66,76)(H,67,71)(H,68,72)/t33-,34-,37-,38-,43+,44+,45-,46-,49+,50+/m0/s1. The lowest BCUT2D eigenvalue weighted by molar-refractivity contribution is -0.144. The molecule has 2 aliphatic heterocycles. The Hall–Kier alpha value is -7.06. The summed E-state index contributed by atoms with van der Waals surface area (Å²) in [5.74, 6) is -2.11. The van der Waals surface area contributed by atoms with Crippen molar-refractivity contribution in [1.82, 2.24) is 52.3 Å². The van der Waals surface area contributed by atoms with Crippen molar-refractivity contribution in [2.24, 2.45) is 10.8 Å². The second kappa shape index (κ2) is 25.6. The highest BCUT2D eigenvalue weighted by molar-refractivity contribution is 6.01. The molecule has 10 atom stereocenters. The van der Waals surface area contributed by atoms with Gasteiger partial charge in [-0.15, -0.1) is 0 Å². The molecule has 2 aliphatic carbocycles. The smallest absolute Gasteiger partial charge is 0.251 e. The minimum absolute atomic E-state index is 0.0384. The zero-order valence-electron chi connectivity index (χ0n) is 48.6. The number of likely N-dealkylation sites (tertiary alicyclic amines) is 2. The average molecular weight is 1110 g/mol. The van der Waals surface area contributed by atoms with Crippen molar-refractivity contribution in [3.63, 3.8) is 0 Å². The molecule has 0 radical (unpaired) electrons. The number of likely N-dealkylation sites (N-methyl/N-ethyl adjacent to an activating group) is 2. The number of benzene rings is 3. The Morgan fingerprint density at radius 1 is 0.550 bits per heavy atom. The fraction of sp³-hybridized carbons (Fsp3) is 0.567. The number of ether oxygens (including phenoxy) is 2. The van der Waals surface area contributed by atoms with E-state index in [0.717, 1.165) is 59.4 Å². The zero-order valence-corrected chi connectivity index (χ0v) is 48.6. The second-order valence-corrected chi connectivity index (χ2v) is 24.0. The summed E-state index contributed by atoms with van der Waals surface area (Å²) < 4.78 is 11.3. The Morgan fingerprint density at radius 2 is 0.925 bits per heavy atom. The van der Waals surface area contributed by atoms with E-state index < -0.39 is 94.6 Å². The first-order valence-electron chi connectivity index (χ1n) is 28.1. The first-order valence-corrected chi connectivity index (χ1v) is 28.1. The summed E-state index contributed by atoms with van der Waals surface area (Å²) >= 11 is 0. The third-order valence-corrected chi connectivity index (χ3v) is 16.3. The van der Waals surface area contributed by atoms with Crippen LogP contribution in [0.25, 0.3) is 0 Å². The molecule has 80 heavy (non-hydrogen) atoms. The van der Waals surface area contributed by atoms with Gasteiger partial charge in [-0.3, -0.25) is 38.4 Å². The van der Waals surface area contributed by atoms with Gasteiger partial charge in [0.1, 0.15) is 35.7 Å². The minimum atomic E-state index is -1.02. The predicted molar refractivity (Wildman–Crippen MR) is 303 cm³/mol. The minimum Gasteiger partial charge on any atom is -0.496 e. The number of carbonyl (C=O) groups is 8. The van der Waals surface area contributed by atoms with Gasteiger partial charge < -0.3 is 61.8 Å². The van der Waals surface area contributed by atoms with Crippen molar-refractivity contribution in [3.8, 4) is 11.5 Å². The molecule has 0 saturated carbocycles. The number of amides is 8. The van der Waals surface area contributed by atoms with Crippen molar-refractivity contribution in [2.45, 2.75) is 167 Å². The normalized spacial score (nSPS) is 22.2. The fourth-order valence-electron chi connectivity index (χ4n) is 11.5. The molecular weight excluding hydrogens is 1020 g/mol. The van der Waals surface area contributed by atoms with E-state index in [-0.39, 0.29) is 61.0 Å². The maximum absolute atomic E-state index is 14.8. The van der Waals surface area contributed by atoms with E-state index in [0.29, 0.717) is 12.8 Å². The molecule has 8 N–H and O–H groups in total. The third-order valence-electron chi connectivity index (χ3n) is 16.3. The van der Waals surface area contributed by atoms with E-state index in [1.807, 2.05) is 77.9 Å². The maximum atomic E-state index is 14.8. The number of methoxy groups -OCH3 is 2. The topological polar surface area (TPSA) is 258 Å². The number of hydrogen-bond donors (Lipinski definition) is 8. The summed E-state index contributed by atoms with van der Waals surface area (Å²) in [6.45, 7) is 14.3. The quantitative estimate of drug-likeness (QED) is 0.0907. The molecular formula is C60H84N10O10. The van der Waals surface area contributed by atoms with Crippen molar-refractivity contribution < 1.29 is 47.8 Å². The maximum Gasteiger partial charge on any atom is 0.251 e. The first kappa shape index (κ1) is 60.6. The Morgan fingerprint density at radius 3 is 1.27 bits per heavy atom. The highest BCUT2D eigenvalue weighted by Gasteiger charge is 2.48. The Balaban J connectivity index is 1.10. The molecule has 3 aromatic rings. The van der Waals surface area contributed by atoms with Crippen LogP contribution in [0.5, 0.6) is 11.5 Å². The molecule has 8 amide bonds. The van der Waals surface area contributed by atoms with Crippen molar-refractivity contribution in [3.05, 3.63) is 94.0 Å². The lowest BCUT2D eigenvalue weighted by atomic mass is 9.85. The van der Waals surface area contributed by atoms with Gasteiger partial charge in [-0.2, -0.15) is 0 Å². The van der Waals surface area contributed by atoms with Gasteiger partial charge in [-0.1, -0.05) is 71.9 Å². The van der Waals surface area contributed by atoms with Gasteiger partial charge in [0.2, 0.25) is 35.4 Å². The Bertz CT molecular complexity index is 2630. The fourth-order valence-corrected chi connectivity index (χ4v) is 11.5. The van der Waals surface area contributed by atoms with Crippen LogP contribution in [0, 0.1) is 10.8 Å². The summed E-state index contributed by atoms with van der Waals surface area (Å²) in [6, 6.07) is 10.3. The number of nitrogens with one attached hydrogen (secondary N) is 8. The molecule has 3 aromatic carbocycles. The van der Waals surface area contributed by atoms with Gasteiger partial charge in [-0.25, -0.2) is 0 Å². The third kappa shape index (κ3) is 13.7. The van der Waals surface area contributed by atoms with Crippen LogP contribution >= 0.6 is 0 Å². The number of rotatable bonds is 18. The summed E-state index contributed by atoms with van der Waals surface area (Å²) in [7, 11) is 6.52. The molecule has 4 aliphatic rings. The van der Waals surface area contributed by atoms with Gasteiger partial charge in [0.25, 0.3) is 11.8 Å². The molecule has 20 heteroatoms. The van der Waals surface area contributed by atoms with Gasteiger partial charge in [-0.05, 0) is 143 Å². The van der Waals surface area contributed by atoms with Gasteiger partial charge in [0.15, 0.2) is 0 Å². The molecule has 0 bridgehead atoms. The highest BCUT2D eigenvalue weighted by Crippen LogP contribution is 2.38. The Labute approximate surface area is 470 Å². The summed E-state index contributed by atoms with van der Waals surface area (Å²) in [5, 5.41) is 24.1. The van der Waals surface area contributed by atoms with Gasteiger partial charge in [0, 0.05) is 36.3 Å². The van der Waals surface area contributed by atoms with E-state index in [9.17, 15) is 38.4 Å². The molecule has 0 aromatic heterocycles. The van der Waals surface area contributed by atoms with Crippen LogP contribution in [-0.2, 0) is 41.6 Å². The van der Waals surface area contributed by atoms with Gasteiger partial charge >= 0.3 is 0 Å². The molecule has 2 fully saturated rings. The van der Waals surface area contributed by atoms with E-state index in [2.05, 4.69) is 42.5 Å². The predicted octanol–water partition coefficient (Wildman–Crippen LogP) is 3.77. The monoisotopic (exact) mass is 1100 g/mol. The number of hydrogen-bond acceptors (Lipinski definition) is 12. The van der Waals surface area contributed by atoms with E-state index >= 15 is 0 Å². The van der Waals surface area contributed by atoms with E-state index in [1.54, 1.807) is 60.4 Å².